The van der Waals surface area contributed by atoms with Crippen molar-refractivity contribution in [3.8, 4) is 5.95 Å². The molecule has 4 heterocycles. The third kappa shape index (κ3) is 2.99. The molecule has 0 aliphatic carbocycles. The summed E-state index contributed by atoms with van der Waals surface area (Å²) in [5.41, 5.74) is 0.707. The number of nitrogens with zero attached hydrogens (tertiary/aromatic N) is 1. The Morgan fingerprint density at radius 1 is 1.16 bits per heavy atom. The van der Waals surface area contributed by atoms with Crippen LogP contribution in [-0.4, -0.2) is 35.9 Å². The monoisotopic (exact) mass is 429 g/mol. The summed E-state index contributed by atoms with van der Waals surface area (Å²) in [5, 5.41) is 10.9. The van der Waals surface area contributed by atoms with Crippen LogP contribution in [0.1, 0.15) is 48.0 Å². The summed E-state index contributed by atoms with van der Waals surface area (Å²) < 4.78 is 29.1. The number of methoxy groups -OCH3 is 1. The van der Waals surface area contributed by atoms with E-state index in [1.165, 1.54) is 19.2 Å². The minimum atomic E-state index is -0.533. The Morgan fingerprint density at radius 3 is 2.52 bits per heavy atom. The summed E-state index contributed by atoms with van der Waals surface area (Å²) in [6.07, 6.45) is -0.243. The molecule has 0 saturated carbocycles. The van der Waals surface area contributed by atoms with Gasteiger partial charge in [-0.25, -0.2) is 0 Å². The molecule has 5 atom stereocenters. The van der Waals surface area contributed by atoms with E-state index in [4.69, 9.17) is 23.4 Å². The lowest BCUT2D eigenvalue weighted by Crippen LogP contribution is -2.26. The highest BCUT2D eigenvalue weighted by molar-refractivity contribution is 5.38. The number of nitro groups is 1. The van der Waals surface area contributed by atoms with E-state index in [1.807, 2.05) is 6.92 Å². The second-order valence-electron chi connectivity index (χ2n) is 8.63. The predicted molar refractivity (Wildman–Crippen MR) is 107 cm³/mol. The molecule has 1 spiro atoms. The minimum absolute atomic E-state index is 0.0441. The second-order valence-corrected chi connectivity index (χ2v) is 8.63. The fourth-order valence-electron chi connectivity index (χ4n) is 4.78. The van der Waals surface area contributed by atoms with Crippen molar-refractivity contribution in [1.82, 2.24) is 0 Å². The number of hydrogen-bond acceptors (Lipinski definition) is 8. The van der Waals surface area contributed by atoms with Crippen molar-refractivity contribution in [3.63, 3.8) is 0 Å². The van der Waals surface area contributed by atoms with Gasteiger partial charge in [-0.15, -0.1) is 0 Å². The Hall–Kier alpha value is -2.75. The van der Waals surface area contributed by atoms with E-state index in [1.54, 1.807) is 26.0 Å². The van der Waals surface area contributed by atoms with Crippen LogP contribution in [0, 0.1) is 24.0 Å². The van der Waals surface area contributed by atoms with Gasteiger partial charge in [0.05, 0.1) is 24.2 Å². The summed E-state index contributed by atoms with van der Waals surface area (Å²) in [4.78, 5) is 23.0. The van der Waals surface area contributed by atoms with Crippen LogP contribution in [0.15, 0.2) is 33.5 Å². The van der Waals surface area contributed by atoms with Crippen LogP contribution in [0.2, 0.25) is 0 Å². The van der Waals surface area contributed by atoms with Gasteiger partial charge in [-0.1, -0.05) is 0 Å². The van der Waals surface area contributed by atoms with E-state index >= 15 is 0 Å². The number of epoxide rings is 2. The fraction of sp³-hybridized carbons (Fsp3) is 0.500. The van der Waals surface area contributed by atoms with Gasteiger partial charge in [0.1, 0.15) is 35.3 Å². The first-order valence-corrected chi connectivity index (χ1v) is 10.1. The van der Waals surface area contributed by atoms with Crippen LogP contribution in [-0.2, 0) is 14.2 Å². The molecule has 0 N–H and O–H groups in total. The molecule has 3 saturated heterocycles. The molecule has 31 heavy (non-hydrogen) atoms. The Balaban J connectivity index is 1.32. The van der Waals surface area contributed by atoms with E-state index in [2.05, 4.69) is 0 Å². The molecule has 0 radical (unpaired) electrons. The summed E-state index contributed by atoms with van der Waals surface area (Å²) in [6.45, 7) is 5.74. The van der Waals surface area contributed by atoms with Gasteiger partial charge in [0, 0.05) is 24.1 Å². The lowest BCUT2D eigenvalue weighted by Gasteiger charge is -2.13. The first-order chi connectivity index (χ1) is 14.7. The molecule has 3 aliphatic rings. The Bertz CT molecular complexity index is 1130. The lowest BCUT2D eigenvalue weighted by molar-refractivity contribution is -0.384. The van der Waals surface area contributed by atoms with E-state index in [0.29, 0.717) is 29.9 Å². The van der Waals surface area contributed by atoms with E-state index in [-0.39, 0.29) is 29.3 Å². The van der Waals surface area contributed by atoms with Gasteiger partial charge in [0.15, 0.2) is 5.43 Å². The smallest absolute Gasteiger partial charge is 0.291 e. The van der Waals surface area contributed by atoms with Crippen molar-refractivity contribution in [1.29, 1.82) is 0 Å². The third-order valence-corrected chi connectivity index (χ3v) is 6.63. The quantitative estimate of drug-likeness (QED) is 0.404. The topological polar surface area (TPSA) is 117 Å². The first-order valence-electron chi connectivity index (χ1n) is 10.1. The average Bonchev–Trinajstić information content (AvgIpc) is 3.59. The van der Waals surface area contributed by atoms with Crippen molar-refractivity contribution < 1.29 is 28.3 Å². The van der Waals surface area contributed by atoms with Gasteiger partial charge in [-0.3, -0.25) is 14.9 Å². The molecule has 0 bridgehead atoms. The third-order valence-electron chi connectivity index (χ3n) is 6.63. The molecule has 164 valence electrons. The van der Waals surface area contributed by atoms with Crippen LogP contribution in [0.3, 0.4) is 0 Å². The maximum absolute atomic E-state index is 12.5. The number of ether oxygens (including phenoxy) is 4. The molecule has 9 heteroatoms. The SMILES string of the molecule is COc1oc([C@H]2C[C@]3(CO2)O[C@H]3[C@]2(C)O[C@H]2c2ccc([N+](=O)[O-])cc2)c(C)c(=O)c1C. The summed E-state index contributed by atoms with van der Waals surface area (Å²) >= 11 is 0. The van der Waals surface area contributed by atoms with E-state index < -0.39 is 22.2 Å². The van der Waals surface area contributed by atoms with Crippen LogP contribution < -0.4 is 10.2 Å². The normalized spacial score (nSPS) is 33.5. The molecular formula is C22H23NO8. The Labute approximate surface area is 178 Å². The molecular weight excluding hydrogens is 406 g/mol. The number of rotatable bonds is 5. The lowest BCUT2D eigenvalue weighted by atomic mass is 9.88. The number of non-ortho nitro benzene ring substituents is 1. The molecule has 2 aromatic rings. The van der Waals surface area contributed by atoms with Crippen molar-refractivity contribution in [3.05, 3.63) is 67.1 Å². The van der Waals surface area contributed by atoms with E-state index in [9.17, 15) is 14.9 Å². The van der Waals surface area contributed by atoms with Crippen LogP contribution >= 0.6 is 0 Å². The second kappa shape index (κ2) is 6.62. The van der Waals surface area contributed by atoms with Gasteiger partial charge in [0.2, 0.25) is 0 Å². The summed E-state index contributed by atoms with van der Waals surface area (Å²) in [6, 6.07) is 6.39. The minimum Gasteiger partial charge on any atom is -0.468 e. The van der Waals surface area contributed by atoms with Crippen molar-refractivity contribution in [2.75, 3.05) is 13.7 Å². The molecule has 3 fully saturated rings. The predicted octanol–water partition coefficient (Wildman–Crippen LogP) is 3.30. The zero-order chi connectivity index (χ0) is 22.1. The number of nitro benzene ring substituents is 1. The molecule has 3 aliphatic heterocycles. The maximum Gasteiger partial charge on any atom is 0.291 e. The standard InChI is InChI=1S/C22H23NO8/c1-11-16(24)12(2)19(27-4)29-17(11)15-9-22(10-28-15)20(31-22)21(3)18(30-21)13-5-7-14(8-6-13)23(25)26/h5-8,15,18,20H,9-10H2,1-4H3/t15-,18+,20+,21-,22-/m1/s1. The summed E-state index contributed by atoms with van der Waals surface area (Å²) in [7, 11) is 1.46. The zero-order valence-electron chi connectivity index (χ0n) is 17.7. The molecule has 5 rings (SSSR count). The summed E-state index contributed by atoms with van der Waals surface area (Å²) in [5.74, 6) is 0.659. The molecule has 1 aromatic heterocycles. The van der Waals surface area contributed by atoms with Crippen LogP contribution in [0.5, 0.6) is 5.95 Å². The van der Waals surface area contributed by atoms with Gasteiger partial charge >= 0.3 is 0 Å². The first kappa shape index (κ1) is 20.2. The highest BCUT2D eigenvalue weighted by atomic mass is 16.7. The largest absolute Gasteiger partial charge is 0.468 e. The Morgan fingerprint density at radius 2 is 1.87 bits per heavy atom. The van der Waals surface area contributed by atoms with Crippen molar-refractivity contribution in [2.45, 2.75) is 56.7 Å². The zero-order valence-corrected chi connectivity index (χ0v) is 17.7. The number of hydrogen-bond donors (Lipinski definition) is 0. The van der Waals surface area contributed by atoms with Crippen LogP contribution in [0.4, 0.5) is 5.69 Å². The Kier molecular flexibility index (Phi) is 4.31. The van der Waals surface area contributed by atoms with Gasteiger partial charge in [-0.05, 0) is 38.5 Å². The van der Waals surface area contributed by atoms with Crippen molar-refractivity contribution >= 4 is 5.69 Å². The molecule has 0 amide bonds. The molecule has 0 unspecified atom stereocenters. The van der Waals surface area contributed by atoms with Crippen LogP contribution in [0.25, 0.3) is 0 Å². The maximum atomic E-state index is 12.5. The van der Waals surface area contributed by atoms with E-state index in [0.717, 1.165) is 5.56 Å². The van der Waals surface area contributed by atoms with Crippen molar-refractivity contribution in [2.24, 2.45) is 0 Å². The average molecular weight is 429 g/mol. The molecule has 9 nitrogen and oxygen atoms in total. The van der Waals surface area contributed by atoms with Gasteiger partial charge in [0.25, 0.3) is 11.6 Å². The fourth-order valence-corrected chi connectivity index (χ4v) is 4.78. The number of benzene rings is 1. The highest BCUT2D eigenvalue weighted by Gasteiger charge is 2.76. The van der Waals surface area contributed by atoms with Gasteiger partial charge in [-0.2, -0.15) is 0 Å². The molecule has 1 aromatic carbocycles. The van der Waals surface area contributed by atoms with Gasteiger partial charge < -0.3 is 23.4 Å². The highest BCUT2D eigenvalue weighted by Crippen LogP contribution is 2.64.